The Morgan fingerprint density at radius 3 is 2.47 bits per heavy atom. The lowest BCUT2D eigenvalue weighted by atomic mass is 10.1. The first-order valence-electron chi connectivity index (χ1n) is 9.11. The van der Waals surface area contributed by atoms with E-state index >= 15 is 0 Å². The summed E-state index contributed by atoms with van der Waals surface area (Å²) < 4.78 is 45.6. The number of ether oxygens (including phenoxy) is 1. The van der Waals surface area contributed by atoms with Gasteiger partial charge in [-0.15, -0.1) is 0 Å². The topological polar surface area (TPSA) is 73.2 Å². The predicted molar refractivity (Wildman–Crippen MR) is 103 cm³/mol. The van der Waals surface area contributed by atoms with Gasteiger partial charge in [-0.2, -0.15) is 5.10 Å². The molecule has 0 aliphatic heterocycles. The summed E-state index contributed by atoms with van der Waals surface area (Å²) >= 11 is 0. The van der Waals surface area contributed by atoms with E-state index < -0.39 is 24.1 Å². The molecule has 0 bridgehead atoms. The third-order valence-electron chi connectivity index (χ3n) is 4.13. The third-order valence-corrected chi connectivity index (χ3v) is 4.13. The molecule has 1 N–H and O–H groups in total. The van der Waals surface area contributed by atoms with Crippen LogP contribution < -0.4 is 15.6 Å². The Bertz CT molecular complexity index is 1080. The Balaban J connectivity index is 1.48. The molecule has 0 radical (unpaired) electrons. The maximum atomic E-state index is 13.5. The first-order chi connectivity index (χ1) is 14.4. The molecular weight excluding hydrogens is 399 g/mol. The molecular formula is C21H18F3N3O3. The molecule has 3 aromatic rings. The monoisotopic (exact) mass is 417 g/mol. The van der Waals surface area contributed by atoms with Crippen molar-refractivity contribution in [3.05, 3.63) is 82.4 Å². The van der Waals surface area contributed by atoms with E-state index in [2.05, 4.69) is 10.4 Å². The van der Waals surface area contributed by atoms with E-state index in [4.69, 9.17) is 4.74 Å². The lowest BCUT2D eigenvalue weighted by molar-refractivity contribution is -0.123. The van der Waals surface area contributed by atoms with Gasteiger partial charge in [0.15, 0.2) is 18.2 Å². The second-order valence-corrected chi connectivity index (χ2v) is 6.35. The minimum absolute atomic E-state index is 0.222. The van der Waals surface area contributed by atoms with Crippen molar-refractivity contribution in [3.8, 4) is 17.0 Å². The number of carbonyl (C=O) groups excluding carboxylic acids is 1. The van der Waals surface area contributed by atoms with E-state index in [1.54, 1.807) is 18.2 Å². The maximum Gasteiger partial charge on any atom is 0.266 e. The van der Waals surface area contributed by atoms with Crippen molar-refractivity contribution in [1.29, 1.82) is 0 Å². The van der Waals surface area contributed by atoms with Crippen LogP contribution in [0.1, 0.15) is 6.42 Å². The first-order valence-corrected chi connectivity index (χ1v) is 9.11. The Kier molecular flexibility index (Phi) is 6.84. The van der Waals surface area contributed by atoms with Crippen LogP contribution in [0.15, 0.2) is 59.4 Å². The number of hydrogen-bond donors (Lipinski definition) is 1. The zero-order valence-corrected chi connectivity index (χ0v) is 15.8. The summed E-state index contributed by atoms with van der Waals surface area (Å²) in [6, 6.07) is 11.5. The highest BCUT2D eigenvalue weighted by Crippen LogP contribution is 2.17. The van der Waals surface area contributed by atoms with E-state index in [0.717, 1.165) is 12.1 Å². The number of benzene rings is 2. The standard InChI is InChI=1S/C21H18F3N3O3/c22-15-4-2-14(3-5-15)18-7-9-21(29)27(26-18)11-1-10-25-20(28)13-30-19-8-6-16(23)12-17(19)24/h2-9,12H,1,10-11,13H2,(H,25,28). The fourth-order valence-corrected chi connectivity index (χ4v) is 2.63. The van der Waals surface area contributed by atoms with E-state index in [0.29, 0.717) is 23.7 Å². The van der Waals surface area contributed by atoms with Crippen LogP contribution in [0.4, 0.5) is 13.2 Å². The van der Waals surface area contributed by atoms with Gasteiger partial charge in [0, 0.05) is 30.8 Å². The van der Waals surface area contributed by atoms with Gasteiger partial charge in [-0.1, -0.05) is 0 Å². The smallest absolute Gasteiger partial charge is 0.266 e. The Hall–Kier alpha value is -3.62. The molecule has 9 heteroatoms. The van der Waals surface area contributed by atoms with E-state index in [1.165, 1.54) is 22.9 Å². The van der Waals surface area contributed by atoms with E-state index in [1.807, 2.05) is 0 Å². The first kappa shape index (κ1) is 21.1. The quantitative estimate of drug-likeness (QED) is 0.572. The zero-order valence-electron chi connectivity index (χ0n) is 15.8. The van der Waals surface area contributed by atoms with Crippen molar-refractivity contribution in [2.24, 2.45) is 0 Å². The number of aryl methyl sites for hydroxylation is 1. The molecule has 0 saturated heterocycles. The maximum absolute atomic E-state index is 13.5. The Morgan fingerprint density at radius 1 is 1.00 bits per heavy atom. The molecule has 1 heterocycles. The van der Waals surface area contributed by atoms with Gasteiger partial charge >= 0.3 is 0 Å². The van der Waals surface area contributed by atoms with Crippen molar-refractivity contribution < 1.29 is 22.7 Å². The zero-order chi connectivity index (χ0) is 21.5. The summed E-state index contributed by atoms with van der Waals surface area (Å²) in [5.41, 5.74) is 0.888. The van der Waals surface area contributed by atoms with Gasteiger partial charge in [-0.3, -0.25) is 9.59 Å². The fraction of sp³-hybridized carbons (Fsp3) is 0.190. The molecule has 0 unspecified atom stereocenters. The molecule has 2 aromatic carbocycles. The number of aromatic nitrogens is 2. The van der Waals surface area contributed by atoms with Gasteiger partial charge in [0.2, 0.25) is 0 Å². The van der Waals surface area contributed by atoms with Crippen molar-refractivity contribution in [2.75, 3.05) is 13.2 Å². The van der Waals surface area contributed by atoms with Gasteiger partial charge in [0.1, 0.15) is 11.6 Å². The summed E-state index contributed by atoms with van der Waals surface area (Å²) in [6.07, 6.45) is 0.413. The van der Waals surface area contributed by atoms with Gasteiger partial charge in [0.05, 0.1) is 5.69 Å². The van der Waals surface area contributed by atoms with Gasteiger partial charge in [0.25, 0.3) is 11.5 Å². The number of hydrogen-bond acceptors (Lipinski definition) is 4. The van der Waals surface area contributed by atoms with Gasteiger partial charge < -0.3 is 10.1 Å². The highest BCUT2D eigenvalue weighted by Gasteiger charge is 2.08. The lowest BCUT2D eigenvalue weighted by Crippen LogP contribution is -2.31. The molecule has 0 atom stereocenters. The normalized spacial score (nSPS) is 10.6. The minimum Gasteiger partial charge on any atom is -0.481 e. The second-order valence-electron chi connectivity index (χ2n) is 6.35. The van der Waals surface area contributed by atoms with Crippen LogP contribution in [0.5, 0.6) is 5.75 Å². The fourth-order valence-electron chi connectivity index (χ4n) is 2.63. The predicted octanol–water partition coefficient (Wildman–Crippen LogP) is 2.91. The Labute approximate surface area is 169 Å². The number of carbonyl (C=O) groups is 1. The number of halogens is 3. The van der Waals surface area contributed by atoms with Crippen LogP contribution in [0.2, 0.25) is 0 Å². The van der Waals surface area contributed by atoms with Gasteiger partial charge in [-0.25, -0.2) is 17.9 Å². The van der Waals surface area contributed by atoms with Crippen molar-refractivity contribution in [3.63, 3.8) is 0 Å². The summed E-state index contributed by atoms with van der Waals surface area (Å²) in [5.74, 6) is -2.71. The molecule has 6 nitrogen and oxygen atoms in total. The molecule has 0 aliphatic carbocycles. The minimum atomic E-state index is -0.894. The van der Waals surface area contributed by atoms with Crippen LogP contribution in [-0.2, 0) is 11.3 Å². The van der Waals surface area contributed by atoms with Crippen LogP contribution >= 0.6 is 0 Å². The molecule has 1 aromatic heterocycles. The van der Waals surface area contributed by atoms with Crippen molar-refractivity contribution in [2.45, 2.75) is 13.0 Å². The van der Waals surface area contributed by atoms with Crippen molar-refractivity contribution in [1.82, 2.24) is 15.1 Å². The molecule has 0 fully saturated rings. The third kappa shape index (κ3) is 5.69. The molecule has 3 rings (SSSR count). The van der Waals surface area contributed by atoms with Crippen LogP contribution in [0, 0.1) is 17.5 Å². The lowest BCUT2D eigenvalue weighted by Gasteiger charge is -2.09. The second kappa shape index (κ2) is 9.73. The number of amides is 1. The molecule has 0 spiro atoms. The average Bonchev–Trinajstić information content (AvgIpc) is 2.72. The molecule has 1 amide bonds. The summed E-state index contributed by atoms with van der Waals surface area (Å²) in [5, 5.41) is 6.83. The molecule has 156 valence electrons. The molecule has 30 heavy (non-hydrogen) atoms. The highest BCUT2D eigenvalue weighted by atomic mass is 19.1. The summed E-state index contributed by atoms with van der Waals surface area (Å²) in [7, 11) is 0. The van der Waals surface area contributed by atoms with Crippen molar-refractivity contribution >= 4 is 5.91 Å². The average molecular weight is 417 g/mol. The largest absolute Gasteiger partial charge is 0.481 e. The molecule has 0 saturated carbocycles. The highest BCUT2D eigenvalue weighted by molar-refractivity contribution is 5.77. The SMILES string of the molecule is O=C(COc1ccc(F)cc1F)NCCCn1nc(-c2ccc(F)cc2)ccc1=O. The Morgan fingerprint density at radius 2 is 1.73 bits per heavy atom. The van der Waals surface area contributed by atoms with Crippen LogP contribution in [0.3, 0.4) is 0 Å². The number of nitrogens with one attached hydrogen (secondary N) is 1. The van der Waals surface area contributed by atoms with Crippen LogP contribution in [-0.4, -0.2) is 28.8 Å². The van der Waals surface area contributed by atoms with Crippen LogP contribution in [0.25, 0.3) is 11.3 Å². The molecule has 0 aliphatic rings. The number of rotatable bonds is 8. The number of nitrogens with zero attached hydrogens (tertiary/aromatic N) is 2. The van der Waals surface area contributed by atoms with E-state index in [-0.39, 0.29) is 30.2 Å². The van der Waals surface area contributed by atoms with Gasteiger partial charge in [-0.05, 0) is 48.9 Å². The summed E-state index contributed by atoms with van der Waals surface area (Å²) in [4.78, 5) is 23.8. The van der Waals surface area contributed by atoms with E-state index in [9.17, 15) is 22.8 Å². The summed E-state index contributed by atoms with van der Waals surface area (Å²) in [6.45, 7) is 0.0609.